The summed E-state index contributed by atoms with van der Waals surface area (Å²) in [4.78, 5) is 16.2. The average molecular weight is 271 g/mol. The summed E-state index contributed by atoms with van der Waals surface area (Å²) in [5.41, 5.74) is 1.01. The predicted molar refractivity (Wildman–Crippen MR) is 74.2 cm³/mol. The Hall–Kier alpha value is -2.21. The lowest BCUT2D eigenvalue weighted by Gasteiger charge is -2.11. The number of hydrogen-bond acceptors (Lipinski definition) is 4. The Labute approximate surface area is 117 Å². The summed E-state index contributed by atoms with van der Waals surface area (Å²) in [6.07, 6.45) is 7.26. The van der Waals surface area contributed by atoms with Crippen molar-refractivity contribution in [3.63, 3.8) is 0 Å². The highest BCUT2D eigenvalue weighted by molar-refractivity contribution is 5.81. The van der Waals surface area contributed by atoms with Crippen LogP contribution in [0.2, 0.25) is 0 Å². The number of nitrogens with zero attached hydrogens (tertiary/aromatic N) is 3. The molecule has 20 heavy (non-hydrogen) atoms. The molecule has 1 aliphatic rings. The highest BCUT2D eigenvalue weighted by atomic mass is 16.2. The van der Waals surface area contributed by atoms with E-state index in [1.165, 1.54) is 0 Å². The third-order valence-corrected chi connectivity index (χ3v) is 3.39. The van der Waals surface area contributed by atoms with Crippen LogP contribution in [0.25, 0.3) is 5.82 Å². The monoisotopic (exact) mass is 271 g/mol. The van der Waals surface area contributed by atoms with Gasteiger partial charge in [0.25, 0.3) is 0 Å². The van der Waals surface area contributed by atoms with Crippen molar-refractivity contribution in [2.24, 2.45) is 0 Å². The molecule has 1 fully saturated rings. The summed E-state index contributed by atoms with van der Waals surface area (Å²) in [7, 11) is 0. The predicted octanol–water partition coefficient (Wildman–Crippen LogP) is 0.635. The molecule has 0 aliphatic carbocycles. The summed E-state index contributed by atoms with van der Waals surface area (Å²) in [6.45, 7) is 1.44. The van der Waals surface area contributed by atoms with E-state index in [1.54, 1.807) is 17.1 Å². The molecule has 1 amide bonds. The van der Waals surface area contributed by atoms with E-state index in [0.717, 1.165) is 30.8 Å². The summed E-state index contributed by atoms with van der Waals surface area (Å²) in [5.74, 6) is 0.820. The van der Waals surface area contributed by atoms with Crippen LogP contribution in [-0.4, -0.2) is 33.3 Å². The van der Waals surface area contributed by atoms with Crippen LogP contribution in [0.5, 0.6) is 0 Å². The van der Waals surface area contributed by atoms with Crippen molar-refractivity contribution in [2.45, 2.75) is 25.4 Å². The molecule has 104 valence electrons. The van der Waals surface area contributed by atoms with Gasteiger partial charge in [-0.25, -0.2) is 9.67 Å². The molecule has 6 nitrogen and oxygen atoms in total. The molecule has 0 aromatic carbocycles. The first-order valence-corrected chi connectivity index (χ1v) is 6.79. The van der Waals surface area contributed by atoms with E-state index >= 15 is 0 Å². The third kappa shape index (κ3) is 2.85. The topological polar surface area (TPSA) is 71.8 Å². The van der Waals surface area contributed by atoms with Crippen LogP contribution in [0.3, 0.4) is 0 Å². The van der Waals surface area contributed by atoms with Crippen molar-refractivity contribution in [2.75, 3.05) is 6.54 Å². The molecule has 1 atom stereocenters. The lowest BCUT2D eigenvalue weighted by Crippen LogP contribution is -2.40. The summed E-state index contributed by atoms with van der Waals surface area (Å²) >= 11 is 0. The number of nitrogens with one attached hydrogen (secondary N) is 2. The van der Waals surface area contributed by atoms with Crippen molar-refractivity contribution >= 4 is 5.91 Å². The molecule has 2 aromatic heterocycles. The van der Waals surface area contributed by atoms with Crippen molar-refractivity contribution in [1.82, 2.24) is 25.4 Å². The Morgan fingerprint density at radius 3 is 3.20 bits per heavy atom. The molecule has 6 heteroatoms. The molecule has 0 saturated carbocycles. The molecular formula is C14H17N5O. The standard InChI is InChI=1S/C14H17N5O/c20-14(12-3-1-5-15-12)17-10-11-4-7-16-13(9-11)19-8-2-6-18-19/h2,4,6-9,12,15H,1,3,5,10H2,(H,17,20). The summed E-state index contributed by atoms with van der Waals surface area (Å²) in [5, 5.41) is 10.3. The van der Waals surface area contributed by atoms with Crippen LogP contribution in [-0.2, 0) is 11.3 Å². The van der Waals surface area contributed by atoms with Crippen molar-refractivity contribution in [3.05, 3.63) is 42.4 Å². The summed E-state index contributed by atoms with van der Waals surface area (Å²) < 4.78 is 1.70. The molecule has 3 heterocycles. The fraction of sp³-hybridized carbons (Fsp3) is 0.357. The maximum atomic E-state index is 11.9. The van der Waals surface area contributed by atoms with Crippen LogP contribution in [0.1, 0.15) is 18.4 Å². The highest BCUT2D eigenvalue weighted by Gasteiger charge is 2.21. The van der Waals surface area contributed by atoms with Gasteiger partial charge in [-0.2, -0.15) is 5.10 Å². The zero-order chi connectivity index (χ0) is 13.8. The molecule has 1 unspecified atom stereocenters. The first-order valence-electron chi connectivity index (χ1n) is 6.79. The van der Waals surface area contributed by atoms with Crippen LogP contribution >= 0.6 is 0 Å². The molecule has 3 rings (SSSR count). The number of rotatable bonds is 4. The maximum absolute atomic E-state index is 11.9. The van der Waals surface area contributed by atoms with E-state index in [9.17, 15) is 4.79 Å². The maximum Gasteiger partial charge on any atom is 0.237 e. The van der Waals surface area contributed by atoms with Gasteiger partial charge in [0.05, 0.1) is 6.04 Å². The highest BCUT2D eigenvalue weighted by Crippen LogP contribution is 2.08. The minimum absolute atomic E-state index is 0.0394. The van der Waals surface area contributed by atoms with Gasteiger partial charge in [-0.3, -0.25) is 4.79 Å². The first-order chi connectivity index (χ1) is 9.83. The van der Waals surface area contributed by atoms with E-state index in [0.29, 0.717) is 6.54 Å². The Balaban J connectivity index is 1.63. The Morgan fingerprint density at radius 2 is 2.45 bits per heavy atom. The van der Waals surface area contributed by atoms with E-state index in [2.05, 4.69) is 20.7 Å². The van der Waals surface area contributed by atoms with Gasteiger partial charge < -0.3 is 10.6 Å². The second-order valence-corrected chi connectivity index (χ2v) is 4.84. The van der Waals surface area contributed by atoms with Crippen LogP contribution in [0, 0.1) is 0 Å². The molecular weight excluding hydrogens is 254 g/mol. The van der Waals surface area contributed by atoms with Gasteiger partial charge in [-0.05, 0) is 43.1 Å². The Kier molecular flexibility index (Phi) is 3.73. The first kappa shape index (κ1) is 12.8. The van der Waals surface area contributed by atoms with E-state index in [1.807, 2.05) is 24.4 Å². The number of pyridine rings is 1. The lowest BCUT2D eigenvalue weighted by atomic mass is 10.2. The van der Waals surface area contributed by atoms with Crippen LogP contribution in [0.15, 0.2) is 36.8 Å². The largest absolute Gasteiger partial charge is 0.351 e. The minimum atomic E-state index is -0.0394. The molecule has 0 radical (unpaired) electrons. The zero-order valence-corrected chi connectivity index (χ0v) is 11.1. The molecule has 2 N–H and O–H groups in total. The van der Waals surface area contributed by atoms with E-state index in [4.69, 9.17) is 0 Å². The molecule has 0 bridgehead atoms. The van der Waals surface area contributed by atoms with Crippen molar-refractivity contribution < 1.29 is 4.79 Å². The van der Waals surface area contributed by atoms with Gasteiger partial charge in [0, 0.05) is 25.1 Å². The van der Waals surface area contributed by atoms with Gasteiger partial charge in [-0.15, -0.1) is 0 Å². The quantitative estimate of drug-likeness (QED) is 0.856. The van der Waals surface area contributed by atoms with Gasteiger partial charge >= 0.3 is 0 Å². The Bertz CT molecular complexity index is 575. The lowest BCUT2D eigenvalue weighted by molar-refractivity contribution is -0.122. The molecule has 2 aromatic rings. The summed E-state index contributed by atoms with van der Waals surface area (Å²) in [6, 6.07) is 5.63. The smallest absolute Gasteiger partial charge is 0.237 e. The Morgan fingerprint density at radius 1 is 1.50 bits per heavy atom. The number of hydrogen-bond donors (Lipinski definition) is 2. The van der Waals surface area contributed by atoms with Gasteiger partial charge in [-0.1, -0.05) is 0 Å². The van der Waals surface area contributed by atoms with Crippen molar-refractivity contribution in [3.8, 4) is 5.82 Å². The van der Waals surface area contributed by atoms with Crippen molar-refractivity contribution in [1.29, 1.82) is 0 Å². The SMILES string of the molecule is O=C(NCc1ccnc(-n2cccn2)c1)C1CCCN1. The zero-order valence-electron chi connectivity index (χ0n) is 11.1. The second kappa shape index (κ2) is 5.83. The van der Waals surface area contributed by atoms with Crippen LogP contribution < -0.4 is 10.6 Å². The minimum Gasteiger partial charge on any atom is -0.351 e. The second-order valence-electron chi connectivity index (χ2n) is 4.84. The van der Waals surface area contributed by atoms with Gasteiger partial charge in [0.15, 0.2) is 5.82 Å². The molecule has 1 saturated heterocycles. The number of carbonyl (C=O) groups excluding carboxylic acids is 1. The average Bonchev–Trinajstić information content (AvgIpc) is 3.17. The van der Waals surface area contributed by atoms with E-state index in [-0.39, 0.29) is 11.9 Å². The number of amides is 1. The number of carbonyl (C=O) groups is 1. The van der Waals surface area contributed by atoms with Crippen LogP contribution in [0.4, 0.5) is 0 Å². The fourth-order valence-corrected chi connectivity index (χ4v) is 2.32. The third-order valence-electron chi connectivity index (χ3n) is 3.39. The molecule has 1 aliphatic heterocycles. The van der Waals surface area contributed by atoms with Gasteiger partial charge in [0.2, 0.25) is 5.91 Å². The normalized spacial score (nSPS) is 18.1. The van der Waals surface area contributed by atoms with Gasteiger partial charge in [0.1, 0.15) is 0 Å². The number of aromatic nitrogens is 3. The van der Waals surface area contributed by atoms with E-state index < -0.39 is 0 Å². The molecule has 0 spiro atoms. The fourth-order valence-electron chi connectivity index (χ4n) is 2.32.